The highest BCUT2D eigenvalue weighted by molar-refractivity contribution is 7.14. The number of nitrogens with zero attached hydrogens (tertiary/aromatic N) is 4. The molecule has 1 N–H and O–H groups in total. The number of para-hydroxylation sites is 2. The number of aromatic nitrogens is 1. The summed E-state index contributed by atoms with van der Waals surface area (Å²) in [4.78, 5) is 18.1. The number of amides is 1. The lowest BCUT2D eigenvalue weighted by Crippen LogP contribution is -2.28. The Morgan fingerprint density at radius 2 is 1.62 bits per heavy atom. The van der Waals surface area contributed by atoms with Gasteiger partial charge in [-0.2, -0.15) is 15.2 Å². The number of hydrogen-bond acceptors (Lipinski definition) is 7. The van der Waals surface area contributed by atoms with Crippen LogP contribution >= 0.6 is 11.3 Å². The molecule has 4 aromatic rings. The fraction of sp³-hybridized carbons (Fsp3) is 0.0769. The van der Waals surface area contributed by atoms with Crippen molar-refractivity contribution in [3.8, 4) is 17.0 Å². The summed E-state index contributed by atoms with van der Waals surface area (Å²) in [6.45, 7) is 2.44. The number of ether oxygens (including phenoxy) is 1. The Morgan fingerprint density at radius 1 is 0.941 bits per heavy atom. The van der Waals surface area contributed by atoms with Gasteiger partial charge in [-0.1, -0.05) is 72.8 Å². The van der Waals surface area contributed by atoms with Gasteiger partial charge in [0.25, 0.3) is 0 Å². The molecule has 3 aromatic carbocycles. The fourth-order valence-corrected chi connectivity index (χ4v) is 4.26. The van der Waals surface area contributed by atoms with Crippen molar-refractivity contribution in [1.82, 2.24) is 4.98 Å². The van der Waals surface area contributed by atoms with Gasteiger partial charge in [0.15, 0.2) is 5.71 Å². The monoisotopic (exact) mass is 467 g/mol. The first-order chi connectivity index (χ1) is 16.7. The molecule has 0 fully saturated rings. The molecule has 0 aliphatic carbocycles. The minimum absolute atomic E-state index is 0.203. The maximum atomic E-state index is 13.4. The summed E-state index contributed by atoms with van der Waals surface area (Å²) in [5, 5.41) is 12.8. The molecule has 1 aromatic heterocycles. The number of hydrogen-bond donors (Lipinski definition) is 1. The Morgan fingerprint density at radius 3 is 2.35 bits per heavy atom. The molecule has 1 aliphatic heterocycles. The number of anilines is 2. The number of carbonyl (C=O) groups is 1. The third-order valence-electron chi connectivity index (χ3n) is 5.08. The third-order valence-corrected chi connectivity index (χ3v) is 5.90. The van der Waals surface area contributed by atoms with E-state index in [0.717, 1.165) is 16.8 Å². The summed E-state index contributed by atoms with van der Waals surface area (Å²) >= 11 is 1.36. The van der Waals surface area contributed by atoms with Crippen molar-refractivity contribution in [1.29, 1.82) is 0 Å². The molecule has 0 unspecified atom stereocenters. The third kappa shape index (κ3) is 4.31. The number of nitrogens with one attached hydrogen (secondary N) is 1. The van der Waals surface area contributed by atoms with E-state index in [2.05, 4.69) is 20.6 Å². The second-order valence-electron chi connectivity index (χ2n) is 7.31. The minimum atomic E-state index is -0.353. The van der Waals surface area contributed by atoms with Crippen molar-refractivity contribution >= 4 is 39.5 Å². The second-order valence-corrected chi connectivity index (χ2v) is 8.15. The van der Waals surface area contributed by atoms with Crippen molar-refractivity contribution in [2.45, 2.75) is 6.92 Å². The van der Waals surface area contributed by atoms with E-state index in [1.807, 2.05) is 97.2 Å². The van der Waals surface area contributed by atoms with E-state index in [1.165, 1.54) is 16.3 Å². The molecule has 0 saturated heterocycles. The van der Waals surface area contributed by atoms with Gasteiger partial charge in [-0.25, -0.2) is 4.98 Å². The number of thiazole rings is 1. The highest BCUT2D eigenvalue weighted by Crippen LogP contribution is 2.30. The normalized spacial score (nSPS) is 14.4. The van der Waals surface area contributed by atoms with Crippen LogP contribution in [0.25, 0.3) is 11.3 Å². The first kappa shape index (κ1) is 21.5. The zero-order valence-corrected chi connectivity index (χ0v) is 19.2. The lowest BCUT2D eigenvalue weighted by molar-refractivity contribution is -0.112. The van der Waals surface area contributed by atoms with Gasteiger partial charge in [-0.05, 0) is 19.1 Å². The Hall–Kier alpha value is -4.30. The first-order valence-corrected chi connectivity index (χ1v) is 11.7. The van der Waals surface area contributed by atoms with Crippen LogP contribution in [0.1, 0.15) is 12.5 Å². The van der Waals surface area contributed by atoms with Gasteiger partial charge in [-0.15, -0.1) is 11.3 Å². The van der Waals surface area contributed by atoms with Gasteiger partial charge in [0.05, 0.1) is 18.0 Å². The molecular weight excluding hydrogens is 446 g/mol. The topological polar surface area (TPSA) is 79.2 Å². The standard InChI is InChI=1S/C26H21N5O2S/c1-2-33-22-16-10-9-15-20(22)28-29-24-23(19-13-7-4-8-14-19)30-31(25(24)32)26-27-21(17-34-26)18-11-5-3-6-12-18/h3-17,28H,2H2,1H3/b29-24+. The van der Waals surface area contributed by atoms with Crippen LogP contribution in [-0.2, 0) is 4.79 Å². The molecule has 1 amide bonds. The van der Waals surface area contributed by atoms with Gasteiger partial charge in [-0.3, -0.25) is 10.2 Å². The molecule has 0 atom stereocenters. The largest absolute Gasteiger partial charge is 0.492 e. The summed E-state index contributed by atoms with van der Waals surface area (Å²) in [7, 11) is 0. The summed E-state index contributed by atoms with van der Waals surface area (Å²) in [5.74, 6) is 0.302. The molecule has 34 heavy (non-hydrogen) atoms. The number of benzene rings is 3. The molecule has 0 radical (unpaired) electrons. The van der Waals surface area contributed by atoms with E-state index in [9.17, 15) is 4.79 Å². The van der Waals surface area contributed by atoms with Crippen LogP contribution in [-0.4, -0.2) is 28.9 Å². The molecule has 7 nitrogen and oxygen atoms in total. The van der Waals surface area contributed by atoms with E-state index in [1.54, 1.807) is 0 Å². The molecule has 2 heterocycles. The van der Waals surface area contributed by atoms with Crippen molar-refractivity contribution in [2.24, 2.45) is 10.2 Å². The highest BCUT2D eigenvalue weighted by atomic mass is 32.1. The predicted molar refractivity (Wildman–Crippen MR) is 137 cm³/mol. The van der Waals surface area contributed by atoms with Gasteiger partial charge in [0.2, 0.25) is 5.13 Å². The predicted octanol–water partition coefficient (Wildman–Crippen LogP) is 5.43. The van der Waals surface area contributed by atoms with E-state index >= 15 is 0 Å². The van der Waals surface area contributed by atoms with Crippen molar-refractivity contribution < 1.29 is 9.53 Å². The second kappa shape index (κ2) is 9.68. The van der Waals surface area contributed by atoms with Crippen LogP contribution in [0.5, 0.6) is 5.75 Å². The number of hydrazone groups is 2. The average molecular weight is 468 g/mol. The SMILES string of the molecule is CCOc1ccccc1N/N=C1/C(=O)N(c2nc(-c3ccccc3)cs2)N=C1c1ccccc1. The van der Waals surface area contributed by atoms with Crippen LogP contribution in [0.3, 0.4) is 0 Å². The lowest BCUT2D eigenvalue weighted by Gasteiger charge is -2.10. The average Bonchev–Trinajstić information content (AvgIpc) is 3.50. The molecule has 0 spiro atoms. The van der Waals surface area contributed by atoms with Gasteiger partial charge in [0, 0.05) is 16.5 Å². The van der Waals surface area contributed by atoms with Crippen molar-refractivity contribution in [2.75, 3.05) is 17.0 Å². The summed E-state index contributed by atoms with van der Waals surface area (Å²) < 4.78 is 5.66. The lowest BCUT2D eigenvalue weighted by atomic mass is 10.1. The molecule has 1 aliphatic rings. The molecule has 0 saturated carbocycles. The van der Waals surface area contributed by atoms with Gasteiger partial charge >= 0.3 is 5.91 Å². The minimum Gasteiger partial charge on any atom is -0.492 e. The van der Waals surface area contributed by atoms with Gasteiger partial charge in [0.1, 0.15) is 11.5 Å². The Balaban J connectivity index is 1.50. The molecule has 0 bridgehead atoms. The van der Waals surface area contributed by atoms with E-state index in [0.29, 0.717) is 28.9 Å². The van der Waals surface area contributed by atoms with Crippen LogP contribution < -0.4 is 15.2 Å². The fourth-order valence-electron chi connectivity index (χ4n) is 3.47. The number of rotatable bonds is 7. The maximum absolute atomic E-state index is 13.4. The van der Waals surface area contributed by atoms with Crippen molar-refractivity contribution in [3.05, 3.63) is 95.9 Å². The van der Waals surface area contributed by atoms with Crippen LogP contribution in [0.4, 0.5) is 10.8 Å². The zero-order valence-electron chi connectivity index (χ0n) is 18.4. The molecular formula is C26H21N5O2S. The number of carbonyl (C=O) groups excluding carboxylic acids is 1. The van der Waals surface area contributed by atoms with E-state index < -0.39 is 0 Å². The summed E-state index contributed by atoms with van der Waals surface area (Å²) in [6, 6.07) is 26.8. The van der Waals surface area contributed by atoms with Crippen LogP contribution in [0, 0.1) is 0 Å². The molecule has 8 heteroatoms. The van der Waals surface area contributed by atoms with Crippen LogP contribution in [0.15, 0.2) is 101 Å². The Kier molecular flexibility index (Phi) is 6.13. The highest BCUT2D eigenvalue weighted by Gasteiger charge is 2.35. The summed E-state index contributed by atoms with van der Waals surface area (Å²) in [5.41, 5.74) is 6.89. The van der Waals surface area contributed by atoms with Gasteiger partial charge < -0.3 is 4.74 Å². The van der Waals surface area contributed by atoms with E-state index in [-0.39, 0.29) is 11.6 Å². The summed E-state index contributed by atoms with van der Waals surface area (Å²) in [6.07, 6.45) is 0. The first-order valence-electron chi connectivity index (χ1n) is 10.8. The van der Waals surface area contributed by atoms with Crippen molar-refractivity contribution in [3.63, 3.8) is 0 Å². The quantitative estimate of drug-likeness (QED) is 0.368. The van der Waals surface area contributed by atoms with Crippen LogP contribution in [0.2, 0.25) is 0 Å². The molecule has 5 rings (SSSR count). The Labute approximate surface area is 201 Å². The maximum Gasteiger partial charge on any atom is 0.303 e. The smallest absolute Gasteiger partial charge is 0.303 e. The zero-order chi connectivity index (χ0) is 23.3. The molecule has 168 valence electrons. The Bertz CT molecular complexity index is 1370. The van der Waals surface area contributed by atoms with E-state index in [4.69, 9.17) is 4.74 Å².